The second-order valence-corrected chi connectivity index (χ2v) is 7.72. The van der Waals surface area contributed by atoms with Gasteiger partial charge in [-0.1, -0.05) is 6.08 Å². The van der Waals surface area contributed by atoms with Crippen molar-refractivity contribution in [2.45, 2.75) is 31.7 Å². The van der Waals surface area contributed by atoms with E-state index >= 15 is 0 Å². The zero-order valence-electron chi connectivity index (χ0n) is 19.2. The number of carbonyl (C=O) groups excluding carboxylic acids is 1. The number of ether oxygens (including phenoxy) is 4. The molecule has 0 N–H and O–H groups in total. The summed E-state index contributed by atoms with van der Waals surface area (Å²) >= 11 is 0. The fraction of sp³-hybridized carbons (Fsp3) is 0.500. The van der Waals surface area contributed by atoms with Crippen LogP contribution in [-0.4, -0.2) is 68.0 Å². The summed E-state index contributed by atoms with van der Waals surface area (Å²) in [6.45, 7) is 6.64. The number of piperidine rings is 1. The number of carbonyl (C=O) groups is 1. The Kier molecular flexibility index (Phi) is 8.56. The number of imidazole rings is 1. The number of hydrogen-bond acceptors (Lipinski definition) is 6. The third-order valence-electron chi connectivity index (χ3n) is 5.73. The Morgan fingerprint density at radius 3 is 2.44 bits per heavy atom. The molecule has 32 heavy (non-hydrogen) atoms. The highest BCUT2D eigenvalue weighted by Crippen LogP contribution is 2.38. The van der Waals surface area contributed by atoms with Crippen molar-refractivity contribution in [3.63, 3.8) is 0 Å². The molecule has 0 aliphatic carbocycles. The van der Waals surface area contributed by atoms with Crippen LogP contribution in [0.15, 0.2) is 37.2 Å². The minimum atomic E-state index is 0.147. The van der Waals surface area contributed by atoms with Crippen molar-refractivity contribution < 1.29 is 23.7 Å². The van der Waals surface area contributed by atoms with Crippen LogP contribution >= 0.6 is 0 Å². The van der Waals surface area contributed by atoms with Crippen LogP contribution in [0, 0.1) is 0 Å². The van der Waals surface area contributed by atoms with E-state index in [4.69, 9.17) is 18.9 Å². The number of aromatic nitrogens is 2. The lowest BCUT2D eigenvalue weighted by Crippen LogP contribution is -2.38. The van der Waals surface area contributed by atoms with Gasteiger partial charge in [0.25, 0.3) is 0 Å². The SMILES string of the molecule is C=CCOCCC(=O)N1CCC(c2nccn2Cc2cc(OC)c(OC)c(OC)c2)CC1. The van der Waals surface area contributed by atoms with E-state index in [0.717, 1.165) is 37.3 Å². The van der Waals surface area contributed by atoms with E-state index in [1.807, 2.05) is 29.4 Å². The average Bonchev–Trinajstić information content (AvgIpc) is 3.29. The van der Waals surface area contributed by atoms with Gasteiger partial charge in [0, 0.05) is 37.9 Å². The molecule has 8 nitrogen and oxygen atoms in total. The van der Waals surface area contributed by atoms with Crippen molar-refractivity contribution in [2.75, 3.05) is 47.6 Å². The second-order valence-electron chi connectivity index (χ2n) is 7.72. The molecule has 8 heteroatoms. The predicted octanol–water partition coefficient (Wildman–Crippen LogP) is 3.26. The summed E-state index contributed by atoms with van der Waals surface area (Å²) < 4.78 is 23.9. The van der Waals surface area contributed by atoms with Gasteiger partial charge in [-0.25, -0.2) is 4.98 Å². The fourth-order valence-electron chi connectivity index (χ4n) is 4.11. The lowest BCUT2D eigenvalue weighted by atomic mass is 9.95. The standard InChI is InChI=1S/C24H33N3O5/c1-5-13-32-14-8-22(28)26-10-6-19(7-11-26)24-25-9-12-27(24)17-18-15-20(29-2)23(31-4)21(16-18)30-3/h5,9,12,15-16,19H,1,6-8,10-11,13-14,17H2,2-4H3. The van der Waals surface area contributed by atoms with Crippen molar-refractivity contribution in [1.82, 2.24) is 14.5 Å². The van der Waals surface area contributed by atoms with Crippen LogP contribution in [-0.2, 0) is 16.1 Å². The first kappa shape index (κ1) is 23.7. The largest absolute Gasteiger partial charge is 0.493 e. The van der Waals surface area contributed by atoms with Gasteiger partial charge >= 0.3 is 0 Å². The van der Waals surface area contributed by atoms with Crippen LogP contribution in [0.5, 0.6) is 17.2 Å². The van der Waals surface area contributed by atoms with Gasteiger partial charge in [0.15, 0.2) is 11.5 Å². The highest BCUT2D eigenvalue weighted by molar-refractivity contribution is 5.76. The molecule has 1 aliphatic heterocycles. The van der Waals surface area contributed by atoms with E-state index in [9.17, 15) is 4.79 Å². The quantitative estimate of drug-likeness (QED) is 0.392. The first-order chi connectivity index (χ1) is 15.6. The molecular formula is C24H33N3O5. The summed E-state index contributed by atoms with van der Waals surface area (Å²) in [7, 11) is 4.83. The molecule has 0 radical (unpaired) electrons. The lowest BCUT2D eigenvalue weighted by molar-refractivity contribution is -0.133. The molecule has 0 unspecified atom stereocenters. The Labute approximate surface area is 189 Å². The first-order valence-corrected chi connectivity index (χ1v) is 10.9. The molecule has 1 aromatic heterocycles. The molecule has 1 fully saturated rings. The lowest BCUT2D eigenvalue weighted by Gasteiger charge is -2.32. The highest BCUT2D eigenvalue weighted by atomic mass is 16.5. The van der Waals surface area contributed by atoms with E-state index in [0.29, 0.717) is 49.3 Å². The van der Waals surface area contributed by atoms with Gasteiger partial charge < -0.3 is 28.4 Å². The Morgan fingerprint density at radius 2 is 1.84 bits per heavy atom. The Hall–Kier alpha value is -3.00. The molecule has 1 aromatic carbocycles. The van der Waals surface area contributed by atoms with Crippen LogP contribution in [0.3, 0.4) is 0 Å². The summed E-state index contributed by atoms with van der Waals surface area (Å²) in [6, 6.07) is 3.92. The summed E-state index contributed by atoms with van der Waals surface area (Å²) in [5, 5.41) is 0. The zero-order valence-corrected chi connectivity index (χ0v) is 19.2. The monoisotopic (exact) mass is 443 g/mol. The Balaban J connectivity index is 1.63. The second kappa shape index (κ2) is 11.6. The molecule has 0 saturated carbocycles. The van der Waals surface area contributed by atoms with E-state index < -0.39 is 0 Å². The van der Waals surface area contributed by atoms with Crippen LogP contribution in [0.25, 0.3) is 0 Å². The molecule has 2 aromatic rings. The summed E-state index contributed by atoms with van der Waals surface area (Å²) in [5.74, 6) is 3.35. The number of methoxy groups -OCH3 is 3. The van der Waals surface area contributed by atoms with Crippen molar-refractivity contribution in [1.29, 1.82) is 0 Å². The number of benzene rings is 1. The van der Waals surface area contributed by atoms with E-state index in [1.54, 1.807) is 27.4 Å². The molecule has 0 bridgehead atoms. The molecule has 3 rings (SSSR count). The van der Waals surface area contributed by atoms with Crippen molar-refractivity contribution in [2.24, 2.45) is 0 Å². The van der Waals surface area contributed by atoms with E-state index in [-0.39, 0.29) is 5.91 Å². The van der Waals surface area contributed by atoms with Crippen molar-refractivity contribution >= 4 is 5.91 Å². The van der Waals surface area contributed by atoms with Crippen molar-refractivity contribution in [3.8, 4) is 17.2 Å². The van der Waals surface area contributed by atoms with Gasteiger partial charge in [0.2, 0.25) is 11.7 Å². The minimum absolute atomic E-state index is 0.147. The Morgan fingerprint density at radius 1 is 1.16 bits per heavy atom. The third-order valence-corrected chi connectivity index (χ3v) is 5.73. The summed E-state index contributed by atoms with van der Waals surface area (Å²) in [4.78, 5) is 19.0. The number of likely N-dealkylation sites (tertiary alicyclic amines) is 1. The molecule has 1 saturated heterocycles. The molecule has 2 heterocycles. The average molecular weight is 444 g/mol. The summed E-state index contributed by atoms with van der Waals surface area (Å²) in [6.07, 6.45) is 7.72. The molecule has 1 amide bonds. The van der Waals surface area contributed by atoms with Crippen molar-refractivity contribution in [3.05, 3.63) is 48.6 Å². The van der Waals surface area contributed by atoms with Gasteiger partial charge in [0.1, 0.15) is 5.82 Å². The van der Waals surface area contributed by atoms with E-state index in [1.165, 1.54) is 0 Å². The Bertz CT molecular complexity index is 878. The van der Waals surface area contributed by atoms with Gasteiger partial charge in [-0.15, -0.1) is 6.58 Å². The fourth-order valence-corrected chi connectivity index (χ4v) is 4.11. The number of hydrogen-bond donors (Lipinski definition) is 0. The third kappa shape index (κ3) is 5.62. The molecular weight excluding hydrogens is 410 g/mol. The molecule has 0 spiro atoms. The maximum Gasteiger partial charge on any atom is 0.224 e. The van der Waals surface area contributed by atoms with Crippen LogP contribution in [0.1, 0.15) is 36.6 Å². The minimum Gasteiger partial charge on any atom is -0.493 e. The smallest absolute Gasteiger partial charge is 0.224 e. The summed E-state index contributed by atoms with van der Waals surface area (Å²) in [5.41, 5.74) is 1.03. The number of amides is 1. The highest BCUT2D eigenvalue weighted by Gasteiger charge is 2.26. The van der Waals surface area contributed by atoms with Crippen LogP contribution < -0.4 is 14.2 Å². The van der Waals surface area contributed by atoms with Crippen LogP contribution in [0.2, 0.25) is 0 Å². The normalized spacial score (nSPS) is 14.3. The maximum atomic E-state index is 12.4. The van der Waals surface area contributed by atoms with Crippen LogP contribution in [0.4, 0.5) is 0 Å². The van der Waals surface area contributed by atoms with Gasteiger partial charge in [-0.2, -0.15) is 0 Å². The van der Waals surface area contributed by atoms with Gasteiger partial charge in [0.05, 0.1) is 41.0 Å². The molecule has 174 valence electrons. The van der Waals surface area contributed by atoms with E-state index in [2.05, 4.69) is 16.1 Å². The van der Waals surface area contributed by atoms with Gasteiger partial charge in [-0.05, 0) is 30.5 Å². The topological polar surface area (TPSA) is 75.1 Å². The maximum absolute atomic E-state index is 12.4. The molecule has 1 aliphatic rings. The first-order valence-electron chi connectivity index (χ1n) is 10.9. The molecule has 0 atom stereocenters. The number of nitrogens with zero attached hydrogens (tertiary/aromatic N) is 3. The predicted molar refractivity (Wildman–Crippen MR) is 122 cm³/mol. The van der Waals surface area contributed by atoms with Gasteiger partial charge in [-0.3, -0.25) is 4.79 Å². The number of rotatable bonds is 11. The zero-order chi connectivity index (χ0) is 22.9.